The molecule has 0 fully saturated rings. The molecule has 21 heavy (non-hydrogen) atoms. The third-order valence-corrected chi connectivity index (χ3v) is 4.25. The Morgan fingerprint density at radius 2 is 1.95 bits per heavy atom. The Kier molecular flexibility index (Phi) is 3.58. The summed E-state index contributed by atoms with van der Waals surface area (Å²) in [7, 11) is 0. The molecule has 0 unspecified atom stereocenters. The Bertz CT molecular complexity index is 855. The van der Waals surface area contributed by atoms with Crippen molar-refractivity contribution in [2.45, 2.75) is 46.5 Å². The SMILES string of the molecule is CCCCCc1cc(=O)[nH]c2c(C)c3occ(C)c3cc12. The summed E-state index contributed by atoms with van der Waals surface area (Å²) in [5, 5.41) is 2.30. The summed E-state index contributed by atoms with van der Waals surface area (Å²) in [4.78, 5) is 14.9. The molecule has 3 rings (SSSR count). The van der Waals surface area contributed by atoms with Crippen molar-refractivity contribution in [3.8, 4) is 0 Å². The molecule has 2 heterocycles. The monoisotopic (exact) mass is 283 g/mol. The first-order valence-electron chi connectivity index (χ1n) is 7.65. The number of H-pyrrole nitrogens is 1. The second kappa shape index (κ2) is 5.40. The smallest absolute Gasteiger partial charge is 0.248 e. The van der Waals surface area contributed by atoms with E-state index in [9.17, 15) is 4.79 Å². The molecule has 0 aliphatic carbocycles. The standard InChI is InChI=1S/C18H21NO2/c1-4-5-6-7-13-8-16(20)19-17-12(3)18-14(9-15(13)17)11(2)10-21-18/h8-10H,4-7H2,1-3H3,(H,19,20). The number of aromatic amines is 1. The highest BCUT2D eigenvalue weighted by Crippen LogP contribution is 2.31. The average molecular weight is 283 g/mol. The van der Waals surface area contributed by atoms with Crippen LogP contribution in [0.4, 0.5) is 0 Å². The number of fused-ring (bicyclic) bond motifs is 2. The summed E-state index contributed by atoms with van der Waals surface area (Å²) >= 11 is 0. The van der Waals surface area contributed by atoms with Crippen molar-refractivity contribution in [3.63, 3.8) is 0 Å². The highest BCUT2D eigenvalue weighted by Gasteiger charge is 2.13. The Labute approximate surface area is 124 Å². The van der Waals surface area contributed by atoms with Crippen LogP contribution in [0.15, 0.2) is 27.6 Å². The van der Waals surface area contributed by atoms with E-state index in [1.807, 2.05) is 6.92 Å². The van der Waals surface area contributed by atoms with Crippen LogP contribution in [0.3, 0.4) is 0 Å². The lowest BCUT2D eigenvalue weighted by Crippen LogP contribution is -2.07. The second-order valence-electron chi connectivity index (χ2n) is 5.84. The van der Waals surface area contributed by atoms with Gasteiger partial charge in [0.25, 0.3) is 0 Å². The van der Waals surface area contributed by atoms with Crippen LogP contribution in [0.1, 0.15) is 42.9 Å². The lowest BCUT2D eigenvalue weighted by atomic mass is 9.98. The fourth-order valence-corrected chi connectivity index (χ4v) is 3.04. The molecule has 0 aliphatic heterocycles. The summed E-state index contributed by atoms with van der Waals surface area (Å²) in [6, 6.07) is 3.91. The van der Waals surface area contributed by atoms with Gasteiger partial charge in [0, 0.05) is 22.4 Å². The number of unbranched alkanes of at least 4 members (excludes halogenated alkanes) is 2. The van der Waals surface area contributed by atoms with Crippen molar-refractivity contribution in [3.05, 3.63) is 45.4 Å². The number of nitrogens with one attached hydrogen (secondary N) is 1. The number of rotatable bonds is 4. The number of benzene rings is 1. The van der Waals surface area contributed by atoms with Crippen LogP contribution in [-0.2, 0) is 6.42 Å². The van der Waals surface area contributed by atoms with Crippen molar-refractivity contribution >= 4 is 21.9 Å². The molecule has 2 aromatic heterocycles. The van der Waals surface area contributed by atoms with E-state index in [0.29, 0.717) is 0 Å². The van der Waals surface area contributed by atoms with Crippen molar-refractivity contribution in [1.29, 1.82) is 0 Å². The van der Waals surface area contributed by atoms with E-state index >= 15 is 0 Å². The maximum atomic E-state index is 11.9. The molecule has 3 aromatic rings. The lowest BCUT2D eigenvalue weighted by Gasteiger charge is -2.09. The molecular weight excluding hydrogens is 262 g/mol. The maximum Gasteiger partial charge on any atom is 0.248 e. The van der Waals surface area contributed by atoms with Gasteiger partial charge in [0.2, 0.25) is 5.56 Å². The number of aromatic nitrogens is 1. The molecule has 0 bridgehead atoms. The second-order valence-corrected chi connectivity index (χ2v) is 5.84. The number of furan rings is 1. The predicted octanol–water partition coefficient (Wildman–Crippen LogP) is 4.62. The summed E-state index contributed by atoms with van der Waals surface area (Å²) in [5.41, 5.74) is 5.07. The predicted molar refractivity (Wildman–Crippen MR) is 87.0 cm³/mol. The fourth-order valence-electron chi connectivity index (χ4n) is 3.04. The average Bonchev–Trinajstić information content (AvgIpc) is 2.82. The van der Waals surface area contributed by atoms with Crippen molar-refractivity contribution < 1.29 is 4.42 Å². The third kappa shape index (κ3) is 2.37. The highest BCUT2D eigenvalue weighted by molar-refractivity contribution is 6.00. The zero-order valence-electron chi connectivity index (χ0n) is 12.9. The first-order chi connectivity index (χ1) is 10.1. The minimum Gasteiger partial charge on any atom is -0.464 e. The van der Waals surface area contributed by atoms with Gasteiger partial charge >= 0.3 is 0 Å². The molecule has 0 spiro atoms. The van der Waals surface area contributed by atoms with Gasteiger partial charge in [0.1, 0.15) is 5.58 Å². The Morgan fingerprint density at radius 3 is 2.71 bits per heavy atom. The van der Waals surface area contributed by atoms with Crippen molar-refractivity contribution in [2.24, 2.45) is 0 Å². The molecular formula is C18H21NO2. The fraction of sp³-hybridized carbons (Fsp3) is 0.389. The summed E-state index contributed by atoms with van der Waals surface area (Å²) in [6.07, 6.45) is 6.24. The van der Waals surface area contributed by atoms with Crippen LogP contribution in [0.25, 0.3) is 21.9 Å². The summed E-state index contributed by atoms with van der Waals surface area (Å²) < 4.78 is 5.64. The molecule has 0 saturated heterocycles. The molecule has 1 N–H and O–H groups in total. The van der Waals surface area contributed by atoms with E-state index in [-0.39, 0.29) is 5.56 Å². The normalized spacial score (nSPS) is 11.6. The van der Waals surface area contributed by atoms with E-state index < -0.39 is 0 Å². The molecule has 0 atom stereocenters. The van der Waals surface area contributed by atoms with Gasteiger partial charge in [0.15, 0.2) is 0 Å². The molecule has 110 valence electrons. The largest absolute Gasteiger partial charge is 0.464 e. The van der Waals surface area contributed by atoms with Crippen LogP contribution in [-0.4, -0.2) is 4.98 Å². The molecule has 0 saturated carbocycles. The molecule has 0 aliphatic rings. The summed E-state index contributed by atoms with van der Waals surface area (Å²) in [6.45, 7) is 6.26. The van der Waals surface area contributed by atoms with Crippen molar-refractivity contribution in [2.75, 3.05) is 0 Å². The van der Waals surface area contributed by atoms with Crippen LogP contribution in [0, 0.1) is 13.8 Å². The van der Waals surface area contributed by atoms with Gasteiger partial charge < -0.3 is 9.40 Å². The van der Waals surface area contributed by atoms with Crippen LogP contribution in [0.5, 0.6) is 0 Å². The van der Waals surface area contributed by atoms with E-state index in [4.69, 9.17) is 4.42 Å². The van der Waals surface area contributed by atoms with E-state index in [1.54, 1.807) is 12.3 Å². The zero-order chi connectivity index (χ0) is 15.0. The molecule has 3 nitrogen and oxygen atoms in total. The lowest BCUT2D eigenvalue weighted by molar-refractivity contribution is 0.611. The van der Waals surface area contributed by atoms with Crippen LogP contribution < -0.4 is 5.56 Å². The van der Waals surface area contributed by atoms with E-state index in [2.05, 4.69) is 24.9 Å². The Morgan fingerprint density at radius 1 is 1.14 bits per heavy atom. The minimum absolute atomic E-state index is 0.0280. The summed E-state index contributed by atoms with van der Waals surface area (Å²) in [5.74, 6) is 0. The topological polar surface area (TPSA) is 46.0 Å². The third-order valence-electron chi connectivity index (χ3n) is 4.25. The van der Waals surface area contributed by atoms with Gasteiger partial charge in [0.05, 0.1) is 11.8 Å². The van der Waals surface area contributed by atoms with Crippen LogP contribution in [0.2, 0.25) is 0 Å². The number of hydrogen-bond acceptors (Lipinski definition) is 2. The number of aryl methyl sites for hydroxylation is 3. The van der Waals surface area contributed by atoms with Crippen LogP contribution >= 0.6 is 0 Å². The number of hydrogen-bond donors (Lipinski definition) is 1. The first kappa shape index (κ1) is 13.9. The Balaban J connectivity index is 2.27. The van der Waals surface area contributed by atoms with Gasteiger partial charge in [-0.2, -0.15) is 0 Å². The minimum atomic E-state index is -0.0280. The van der Waals surface area contributed by atoms with Gasteiger partial charge in [-0.25, -0.2) is 0 Å². The zero-order valence-corrected chi connectivity index (χ0v) is 12.9. The number of pyridine rings is 1. The van der Waals surface area contributed by atoms with Gasteiger partial charge in [-0.15, -0.1) is 0 Å². The van der Waals surface area contributed by atoms with Crippen molar-refractivity contribution in [1.82, 2.24) is 4.98 Å². The maximum absolute atomic E-state index is 11.9. The first-order valence-corrected chi connectivity index (χ1v) is 7.65. The van der Waals surface area contributed by atoms with E-state index in [1.165, 1.54) is 12.8 Å². The molecule has 1 aromatic carbocycles. The van der Waals surface area contributed by atoms with Gasteiger partial charge in [-0.05, 0) is 43.9 Å². The Hall–Kier alpha value is -2.03. The van der Waals surface area contributed by atoms with Gasteiger partial charge in [-0.1, -0.05) is 19.8 Å². The quantitative estimate of drug-likeness (QED) is 0.710. The molecule has 0 radical (unpaired) electrons. The molecule has 0 amide bonds. The van der Waals surface area contributed by atoms with E-state index in [0.717, 1.165) is 51.4 Å². The molecule has 3 heteroatoms. The highest BCUT2D eigenvalue weighted by atomic mass is 16.3. The van der Waals surface area contributed by atoms with Gasteiger partial charge in [-0.3, -0.25) is 4.79 Å².